The zero-order chi connectivity index (χ0) is 6.91. The lowest BCUT2D eigenvalue weighted by molar-refractivity contribution is 0.180. The molecule has 5 nitrogen and oxygen atoms in total. The minimum Gasteiger partial charge on any atom is -0.371 e. The van der Waals surface area contributed by atoms with Gasteiger partial charge < -0.3 is 14.5 Å². The highest BCUT2D eigenvalue weighted by atomic mass is 31.2. The normalized spacial score (nSPS) is 26.2. The fourth-order valence-corrected chi connectivity index (χ4v) is 0.705. The van der Waals surface area contributed by atoms with Gasteiger partial charge in [-0.2, -0.15) is 0 Å². The van der Waals surface area contributed by atoms with E-state index in [1.54, 1.807) is 0 Å². The Balaban J connectivity index is 2.10. The molecule has 1 atom stereocenters. The Morgan fingerprint density at radius 3 is 2.67 bits per heavy atom. The SMILES string of the molecule is O=P(O)(O)OC[C@@H]1CO1. The fourth-order valence-electron chi connectivity index (χ4n) is 0.344. The first kappa shape index (κ1) is 7.18. The van der Waals surface area contributed by atoms with Crippen LogP contribution in [0.2, 0.25) is 0 Å². The number of phosphoric acid groups is 1. The molecule has 9 heavy (non-hydrogen) atoms. The summed E-state index contributed by atoms with van der Waals surface area (Å²) >= 11 is 0. The summed E-state index contributed by atoms with van der Waals surface area (Å²) in [5, 5.41) is 0. The maximum atomic E-state index is 9.98. The van der Waals surface area contributed by atoms with E-state index in [1.807, 2.05) is 0 Å². The van der Waals surface area contributed by atoms with Crippen LogP contribution in [-0.4, -0.2) is 29.1 Å². The average Bonchev–Trinajstić information content (AvgIpc) is 2.38. The van der Waals surface area contributed by atoms with Crippen LogP contribution < -0.4 is 0 Å². The molecule has 0 aromatic rings. The van der Waals surface area contributed by atoms with Crippen LogP contribution >= 0.6 is 7.82 Å². The lowest BCUT2D eigenvalue weighted by atomic mass is 10.5. The molecule has 0 aromatic heterocycles. The molecule has 0 bridgehead atoms. The van der Waals surface area contributed by atoms with Crippen molar-refractivity contribution in [2.24, 2.45) is 0 Å². The minimum atomic E-state index is -4.26. The van der Waals surface area contributed by atoms with Crippen molar-refractivity contribution in [3.8, 4) is 0 Å². The molecule has 0 amide bonds. The molecule has 1 fully saturated rings. The van der Waals surface area contributed by atoms with Crippen LogP contribution in [0.5, 0.6) is 0 Å². The van der Waals surface area contributed by atoms with Crippen molar-refractivity contribution >= 4 is 7.82 Å². The molecule has 0 aromatic carbocycles. The van der Waals surface area contributed by atoms with Crippen LogP contribution in [0.25, 0.3) is 0 Å². The highest BCUT2D eigenvalue weighted by Gasteiger charge is 2.26. The molecule has 0 radical (unpaired) electrons. The molecular weight excluding hydrogens is 147 g/mol. The zero-order valence-corrected chi connectivity index (χ0v) is 5.45. The van der Waals surface area contributed by atoms with Gasteiger partial charge in [-0.25, -0.2) is 4.57 Å². The van der Waals surface area contributed by atoms with E-state index in [-0.39, 0.29) is 12.7 Å². The monoisotopic (exact) mass is 154 g/mol. The summed E-state index contributed by atoms with van der Waals surface area (Å²) in [4.78, 5) is 16.3. The van der Waals surface area contributed by atoms with Gasteiger partial charge in [0, 0.05) is 0 Å². The van der Waals surface area contributed by atoms with Crippen molar-refractivity contribution in [1.82, 2.24) is 0 Å². The summed E-state index contributed by atoms with van der Waals surface area (Å²) in [6.07, 6.45) is -0.0994. The Morgan fingerprint density at radius 2 is 2.33 bits per heavy atom. The van der Waals surface area contributed by atoms with Gasteiger partial charge in [0.15, 0.2) is 0 Å². The molecular formula is C3H7O5P. The topological polar surface area (TPSA) is 79.3 Å². The number of hydrogen-bond acceptors (Lipinski definition) is 3. The molecule has 1 aliphatic heterocycles. The van der Waals surface area contributed by atoms with Crippen molar-refractivity contribution in [3.63, 3.8) is 0 Å². The van der Waals surface area contributed by atoms with Gasteiger partial charge in [-0.15, -0.1) is 0 Å². The molecule has 0 spiro atoms. The van der Waals surface area contributed by atoms with Gasteiger partial charge >= 0.3 is 7.82 Å². The number of ether oxygens (including phenoxy) is 1. The van der Waals surface area contributed by atoms with Gasteiger partial charge in [-0.1, -0.05) is 0 Å². The van der Waals surface area contributed by atoms with E-state index in [0.29, 0.717) is 6.61 Å². The first-order valence-corrected chi connectivity index (χ1v) is 3.92. The van der Waals surface area contributed by atoms with E-state index in [2.05, 4.69) is 9.26 Å². The van der Waals surface area contributed by atoms with E-state index < -0.39 is 7.82 Å². The summed E-state index contributed by atoms with van der Waals surface area (Å²) in [5.74, 6) is 0. The Hall–Kier alpha value is 0.0700. The highest BCUT2D eigenvalue weighted by molar-refractivity contribution is 7.46. The summed E-state index contributed by atoms with van der Waals surface area (Å²) in [6.45, 7) is 0.532. The van der Waals surface area contributed by atoms with Crippen LogP contribution in [-0.2, 0) is 13.8 Å². The molecule has 2 N–H and O–H groups in total. The second kappa shape index (κ2) is 2.36. The molecule has 54 valence electrons. The summed E-state index contributed by atoms with van der Waals surface area (Å²) < 4.78 is 18.7. The van der Waals surface area contributed by atoms with Crippen molar-refractivity contribution < 1.29 is 23.6 Å². The van der Waals surface area contributed by atoms with Crippen molar-refractivity contribution in [2.75, 3.05) is 13.2 Å². The fraction of sp³-hybridized carbons (Fsp3) is 1.00. The van der Waals surface area contributed by atoms with Gasteiger partial charge in [0.25, 0.3) is 0 Å². The second-order valence-electron chi connectivity index (χ2n) is 1.74. The van der Waals surface area contributed by atoms with Crippen LogP contribution in [0.15, 0.2) is 0 Å². The third kappa shape index (κ3) is 3.61. The predicted octanol–water partition coefficient (Wildman–Crippen LogP) is -0.506. The minimum absolute atomic E-state index is 0.00965. The molecule has 1 aliphatic rings. The van der Waals surface area contributed by atoms with Gasteiger partial charge in [-0.05, 0) is 0 Å². The summed E-state index contributed by atoms with van der Waals surface area (Å²) in [6, 6.07) is 0. The van der Waals surface area contributed by atoms with E-state index in [9.17, 15) is 4.57 Å². The predicted molar refractivity (Wildman–Crippen MR) is 27.7 cm³/mol. The third-order valence-corrected chi connectivity index (χ3v) is 1.32. The van der Waals surface area contributed by atoms with Crippen LogP contribution in [0, 0.1) is 0 Å². The maximum absolute atomic E-state index is 9.98. The lowest BCUT2D eigenvalue weighted by Crippen LogP contribution is -1.98. The number of hydrogen-bond donors (Lipinski definition) is 2. The largest absolute Gasteiger partial charge is 0.469 e. The summed E-state index contributed by atoms with van der Waals surface area (Å²) in [5.41, 5.74) is 0. The van der Waals surface area contributed by atoms with Crippen LogP contribution in [0.1, 0.15) is 0 Å². The quantitative estimate of drug-likeness (QED) is 0.423. The maximum Gasteiger partial charge on any atom is 0.469 e. The standard InChI is InChI=1S/C3H7O5P/c4-9(5,6)8-2-3-1-7-3/h3H,1-2H2,(H2,4,5,6)/t3-/m0/s1. The van der Waals surface area contributed by atoms with E-state index in [1.165, 1.54) is 0 Å². The Bertz CT molecular complexity index is 135. The van der Waals surface area contributed by atoms with Gasteiger partial charge in [-0.3, -0.25) is 4.52 Å². The van der Waals surface area contributed by atoms with Crippen LogP contribution in [0.3, 0.4) is 0 Å². The Kier molecular flexibility index (Phi) is 1.88. The Labute approximate surface area is 51.8 Å². The molecule has 1 rings (SSSR count). The van der Waals surface area contributed by atoms with Gasteiger partial charge in [0.2, 0.25) is 0 Å². The average molecular weight is 154 g/mol. The van der Waals surface area contributed by atoms with E-state index >= 15 is 0 Å². The number of epoxide rings is 1. The molecule has 6 heteroatoms. The molecule has 1 heterocycles. The van der Waals surface area contributed by atoms with Crippen LogP contribution in [0.4, 0.5) is 0 Å². The second-order valence-corrected chi connectivity index (χ2v) is 2.98. The first-order valence-electron chi connectivity index (χ1n) is 2.39. The van der Waals surface area contributed by atoms with Crippen molar-refractivity contribution in [1.29, 1.82) is 0 Å². The first-order chi connectivity index (χ1) is 4.08. The lowest BCUT2D eigenvalue weighted by Gasteiger charge is -2.00. The smallest absolute Gasteiger partial charge is 0.371 e. The van der Waals surface area contributed by atoms with Crippen molar-refractivity contribution in [3.05, 3.63) is 0 Å². The van der Waals surface area contributed by atoms with Gasteiger partial charge in [0.1, 0.15) is 6.10 Å². The molecule has 0 aliphatic carbocycles. The number of phosphoric ester groups is 1. The van der Waals surface area contributed by atoms with E-state index in [0.717, 1.165) is 0 Å². The third-order valence-electron chi connectivity index (χ3n) is 0.831. The number of rotatable bonds is 3. The zero-order valence-electron chi connectivity index (χ0n) is 4.56. The molecule has 0 saturated carbocycles. The Morgan fingerprint density at radius 1 is 1.78 bits per heavy atom. The van der Waals surface area contributed by atoms with Gasteiger partial charge in [0.05, 0.1) is 13.2 Å². The molecule has 0 unspecified atom stereocenters. The van der Waals surface area contributed by atoms with E-state index in [4.69, 9.17) is 9.79 Å². The summed E-state index contributed by atoms with van der Waals surface area (Å²) in [7, 11) is -4.26. The van der Waals surface area contributed by atoms with Crippen molar-refractivity contribution in [2.45, 2.75) is 6.10 Å². The molecule has 1 saturated heterocycles. The highest BCUT2D eigenvalue weighted by Crippen LogP contribution is 2.36.